The molecule has 2 fully saturated rings. The van der Waals surface area contributed by atoms with E-state index in [0.29, 0.717) is 16.7 Å². The molecule has 4 atom stereocenters. The molecule has 4 rings (SSSR count). The molecule has 0 radical (unpaired) electrons. The minimum atomic E-state index is -0.890. The third-order valence-corrected chi connectivity index (χ3v) is 6.93. The van der Waals surface area contributed by atoms with Gasteiger partial charge in [0.15, 0.2) is 11.6 Å². The SMILES string of the molecule is CC=CCOc1cc2ccc(C3CCC4CC(C)CCC4C3)cc2c(F)c1F. The van der Waals surface area contributed by atoms with Crippen molar-refractivity contribution in [2.45, 2.75) is 58.3 Å². The average Bonchev–Trinajstić information content (AvgIpc) is 2.71. The highest BCUT2D eigenvalue weighted by Gasteiger charge is 2.34. The maximum absolute atomic E-state index is 14.8. The van der Waals surface area contributed by atoms with E-state index in [1.807, 2.05) is 25.1 Å². The van der Waals surface area contributed by atoms with Crippen LogP contribution in [0.5, 0.6) is 5.75 Å². The van der Waals surface area contributed by atoms with Gasteiger partial charge in [0.2, 0.25) is 5.82 Å². The molecule has 0 amide bonds. The van der Waals surface area contributed by atoms with Crippen LogP contribution in [0.25, 0.3) is 10.8 Å². The Morgan fingerprint density at radius 3 is 2.61 bits per heavy atom. The summed E-state index contributed by atoms with van der Waals surface area (Å²) in [6.45, 7) is 4.47. The molecule has 0 heterocycles. The number of hydrogen-bond donors (Lipinski definition) is 0. The maximum atomic E-state index is 14.8. The van der Waals surface area contributed by atoms with Gasteiger partial charge in [0.05, 0.1) is 0 Å². The van der Waals surface area contributed by atoms with Gasteiger partial charge in [-0.3, -0.25) is 0 Å². The van der Waals surface area contributed by atoms with Gasteiger partial charge in [-0.25, -0.2) is 4.39 Å². The number of benzene rings is 2. The molecule has 2 aliphatic carbocycles. The highest BCUT2D eigenvalue weighted by atomic mass is 19.2. The Morgan fingerprint density at radius 2 is 1.79 bits per heavy atom. The number of halogens is 2. The van der Waals surface area contributed by atoms with Gasteiger partial charge in [-0.15, -0.1) is 0 Å². The molecular formula is C25H30F2O. The monoisotopic (exact) mass is 384 g/mol. The molecule has 0 aliphatic heterocycles. The summed E-state index contributed by atoms with van der Waals surface area (Å²) in [6, 6.07) is 7.51. The van der Waals surface area contributed by atoms with Crippen LogP contribution in [0.2, 0.25) is 0 Å². The molecule has 4 unspecified atom stereocenters. The van der Waals surface area contributed by atoms with Gasteiger partial charge in [-0.1, -0.05) is 37.6 Å². The Kier molecular flexibility index (Phi) is 5.70. The fourth-order valence-corrected chi connectivity index (χ4v) is 5.34. The topological polar surface area (TPSA) is 9.23 Å². The summed E-state index contributed by atoms with van der Waals surface area (Å²) in [6.07, 6.45) is 11.2. The predicted octanol–water partition coefficient (Wildman–Crippen LogP) is 7.39. The van der Waals surface area contributed by atoms with Gasteiger partial charge in [0.1, 0.15) is 6.61 Å². The summed E-state index contributed by atoms with van der Waals surface area (Å²) in [7, 11) is 0. The highest BCUT2D eigenvalue weighted by molar-refractivity contribution is 5.85. The number of hydrogen-bond acceptors (Lipinski definition) is 1. The van der Waals surface area contributed by atoms with E-state index in [-0.39, 0.29) is 12.4 Å². The molecule has 0 spiro atoms. The number of allylic oxidation sites excluding steroid dienone is 1. The molecule has 0 N–H and O–H groups in total. The van der Waals surface area contributed by atoms with E-state index in [9.17, 15) is 8.78 Å². The van der Waals surface area contributed by atoms with Gasteiger partial charge >= 0.3 is 0 Å². The van der Waals surface area contributed by atoms with Crippen LogP contribution < -0.4 is 4.74 Å². The molecule has 2 aromatic carbocycles. The first-order valence-corrected chi connectivity index (χ1v) is 10.7. The van der Waals surface area contributed by atoms with Crippen LogP contribution in [-0.2, 0) is 0 Å². The van der Waals surface area contributed by atoms with E-state index in [0.717, 1.165) is 29.7 Å². The van der Waals surface area contributed by atoms with Crippen LogP contribution >= 0.6 is 0 Å². The third-order valence-electron chi connectivity index (χ3n) is 6.93. The van der Waals surface area contributed by atoms with Crippen LogP contribution in [0, 0.1) is 29.4 Å². The molecule has 0 saturated heterocycles. The Hall–Kier alpha value is -1.90. The van der Waals surface area contributed by atoms with E-state index in [4.69, 9.17) is 4.74 Å². The minimum Gasteiger partial charge on any atom is -0.486 e. The molecule has 3 heteroatoms. The second-order valence-corrected chi connectivity index (χ2v) is 8.81. The molecule has 1 nitrogen and oxygen atoms in total. The third kappa shape index (κ3) is 3.81. The Labute approximate surface area is 166 Å². The second kappa shape index (κ2) is 8.23. The lowest BCUT2D eigenvalue weighted by molar-refractivity contribution is 0.124. The van der Waals surface area contributed by atoms with Crippen LogP contribution in [-0.4, -0.2) is 6.61 Å². The van der Waals surface area contributed by atoms with Gasteiger partial charge < -0.3 is 4.74 Å². The van der Waals surface area contributed by atoms with Crippen LogP contribution in [0.3, 0.4) is 0 Å². The van der Waals surface area contributed by atoms with Crippen molar-refractivity contribution in [2.24, 2.45) is 17.8 Å². The van der Waals surface area contributed by atoms with Crippen LogP contribution in [0.4, 0.5) is 8.78 Å². The van der Waals surface area contributed by atoms with Crippen LogP contribution in [0.15, 0.2) is 36.4 Å². The number of fused-ring (bicyclic) bond motifs is 2. The Morgan fingerprint density at radius 1 is 1.00 bits per heavy atom. The predicted molar refractivity (Wildman–Crippen MR) is 111 cm³/mol. The Bertz CT molecular complexity index is 872. The summed E-state index contributed by atoms with van der Waals surface area (Å²) in [4.78, 5) is 0. The minimum absolute atomic E-state index is 0.0207. The summed E-state index contributed by atoms with van der Waals surface area (Å²) in [5, 5.41) is 1.06. The van der Waals surface area contributed by atoms with E-state index >= 15 is 0 Å². The van der Waals surface area contributed by atoms with E-state index in [2.05, 4.69) is 13.0 Å². The smallest absolute Gasteiger partial charge is 0.201 e. The van der Waals surface area contributed by atoms with Gasteiger partial charge in [-0.2, -0.15) is 4.39 Å². The maximum Gasteiger partial charge on any atom is 0.201 e. The van der Waals surface area contributed by atoms with Crippen LogP contribution in [0.1, 0.15) is 63.9 Å². The van der Waals surface area contributed by atoms with Crippen molar-refractivity contribution in [2.75, 3.05) is 6.61 Å². The normalized spacial score (nSPS) is 27.9. The molecule has 28 heavy (non-hydrogen) atoms. The van der Waals surface area contributed by atoms with E-state index in [1.165, 1.54) is 32.1 Å². The molecule has 2 saturated carbocycles. The molecule has 0 aromatic heterocycles. The summed E-state index contributed by atoms with van der Waals surface area (Å²) in [5.74, 6) is 1.29. The lowest BCUT2D eigenvalue weighted by Crippen LogP contribution is -2.29. The lowest BCUT2D eigenvalue weighted by Gasteiger charge is -2.41. The largest absolute Gasteiger partial charge is 0.486 e. The van der Waals surface area contributed by atoms with Gasteiger partial charge in [-0.05, 0) is 85.8 Å². The molecule has 2 aliphatic rings. The first-order valence-electron chi connectivity index (χ1n) is 10.7. The standard InChI is InChI=1S/C25H30F2O/c1-3-4-11-28-23-15-21-10-9-20(14-22(21)24(26)25(23)27)19-8-7-17-12-16(2)5-6-18(17)13-19/h3-4,9-10,14-19H,5-8,11-13H2,1-2H3. The van der Waals surface area contributed by atoms with Gasteiger partial charge in [0, 0.05) is 5.39 Å². The van der Waals surface area contributed by atoms with Gasteiger partial charge in [0.25, 0.3) is 0 Å². The van der Waals surface area contributed by atoms with Crippen molar-refractivity contribution >= 4 is 10.8 Å². The molecule has 2 aromatic rings. The Balaban J connectivity index is 1.58. The van der Waals surface area contributed by atoms with Crippen molar-refractivity contribution in [3.8, 4) is 5.75 Å². The summed E-state index contributed by atoms with van der Waals surface area (Å²) < 4.78 is 34.6. The average molecular weight is 385 g/mol. The second-order valence-electron chi connectivity index (χ2n) is 8.81. The van der Waals surface area contributed by atoms with Crippen molar-refractivity contribution in [3.05, 3.63) is 53.6 Å². The fourth-order valence-electron chi connectivity index (χ4n) is 5.34. The summed E-state index contributed by atoms with van der Waals surface area (Å²) in [5.41, 5.74) is 1.16. The molecule has 150 valence electrons. The first kappa shape index (κ1) is 19.4. The first-order chi connectivity index (χ1) is 13.6. The zero-order valence-corrected chi connectivity index (χ0v) is 16.9. The van der Waals surface area contributed by atoms with Crippen molar-refractivity contribution in [1.82, 2.24) is 0 Å². The summed E-state index contributed by atoms with van der Waals surface area (Å²) >= 11 is 0. The van der Waals surface area contributed by atoms with Crippen molar-refractivity contribution in [1.29, 1.82) is 0 Å². The quantitative estimate of drug-likeness (QED) is 0.499. The fraction of sp³-hybridized carbons (Fsp3) is 0.520. The van der Waals surface area contributed by atoms with E-state index in [1.54, 1.807) is 12.1 Å². The lowest BCUT2D eigenvalue weighted by atomic mass is 9.64. The number of rotatable bonds is 4. The molecule has 0 bridgehead atoms. The highest BCUT2D eigenvalue weighted by Crippen LogP contribution is 2.47. The van der Waals surface area contributed by atoms with E-state index < -0.39 is 11.6 Å². The number of ether oxygens (including phenoxy) is 1. The zero-order valence-electron chi connectivity index (χ0n) is 16.9. The van der Waals surface area contributed by atoms with Crippen molar-refractivity contribution < 1.29 is 13.5 Å². The van der Waals surface area contributed by atoms with Crippen molar-refractivity contribution in [3.63, 3.8) is 0 Å². The zero-order chi connectivity index (χ0) is 19.7. The molecular weight excluding hydrogens is 354 g/mol.